The van der Waals surface area contributed by atoms with Crippen molar-refractivity contribution >= 4 is 22.9 Å². The zero-order chi connectivity index (χ0) is 11.5. The van der Waals surface area contributed by atoms with Crippen molar-refractivity contribution in [2.24, 2.45) is 5.73 Å². The summed E-state index contributed by atoms with van der Waals surface area (Å²) in [7, 11) is 0. The third kappa shape index (κ3) is 2.36. The van der Waals surface area contributed by atoms with E-state index in [0.717, 1.165) is 34.9 Å². The van der Waals surface area contributed by atoms with E-state index >= 15 is 0 Å². The Morgan fingerprint density at radius 2 is 2.25 bits per heavy atom. The van der Waals surface area contributed by atoms with Gasteiger partial charge in [-0.25, -0.2) is 9.97 Å². The highest BCUT2D eigenvalue weighted by molar-refractivity contribution is 7.98. The Kier molecular flexibility index (Phi) is 3.46. The van der Waals surface area contributed by atoms with Crippen molar-refractivity contribution in [1.29, 1.82) is 0 Å². The Morgan fingerprint density at radius 3 is 3.00 bits per heavy atom. The van der Waals surface area contributed by atoms with Crippen LogP contribution in [0.4, 0.5) is 0 Å². The topological polar surface area (TPSA) is 67.6 Å². The molecule has 2 heterocycles. The molecule has 5 heteroatoms. The van der Waals surface area contributed by atoms with E-state index in [9.17, 15) is 0 Å². The first-order valence-corrected chi connectivity index (χ1v) is 6.68. The summed E-state index contributed by atoms with van der Waals surface area (Å²) in [5.41, 5.74) is 8.74. The molecule has 0 saturated heterocycles. The lowest BCUT2D eigenvalue weighted by molar-refractivity contribution is 0.666. The molecular weight excluding hydrogens is 220 g/mol. The number of nitrogens with one attached hydrogen (secondary N) is 1. The van der Waals surface area contributed by atoms with Crippen molar-refractivity contribution in [3.63, 3.8) is 0 Å². The minimum atomic E-state index is -0.0260. The number of hydrogen-bond acceptors (Lipinski definition) is 4. The van der Waals surface area contributed by atoms with Crippen LogP contribution in [0.15, 0.2) is 12.1 Å². The van der Waals surface area contributed by atoms with Crippen LogP contribution < -0.4 is 5.73 Å². The molecule has 86 valence electrons. The molecule has 2 aromatic heterocycles. The van der Waals surface area contributed by atoms with Gasteiger partial charge in [-0.05, 0) is 37.5 Å². The van der Waals surface area contributed by atoms with Gasteiger partial charge in [-0.3, -0.25) is 0 Å². The predicted octanol–water partition coefficient (Wildman–Crippen LogP) is 2.02. The van der Waals surface area contributed by atoms with Crippen LogP contribution in [0.2, 0.25) is 0 Å². The van der Waals surface area contributed by atoms with Crippen LogP contribution in [0.25, 0.3) is 11.2 Å². The van der Waals surface area contributed by atoms with E-state index in [-0.39, 0.29) is 6.04 Å². The van der Waals surface area contributed by atoms with Gasteiger partial charge in [-0.1, -0.05) is 0 Å². The molecule has 0 amide bonds. The first-order chi connectivity index (χ1) is 7.70. The summed E-state index contributed by atoms with van der Waals surface area (Å²) in [6, 6.07) is 3.94. The monoisotopic (exact) mass is 236 g/mol. The number of hydrogen-bond donors (Lipinski definition) is 2. The van der Waals surface area contributed by atoms with Crippen LogP contribution in [0.1, 0.15) is 24.0 Å². The quantitative estimate of drug-likeness (QED) is 0.852. The van der Waals surface area contributed by atoms with E-state index in [1.54, 1.807) is 11.8 Å². The maximum Gasteiger partial charge on any atom is 0.177 e. The molecule has 0 spiro atoms. The predicted molar refractivity (Wildman–Crippen MR) is 68.6 cm³/mol. The molecule has 0 aliphatic heterocycles. The Balaban J connectivity index is 2.25. The highest BCUT2D eigenvalue weighted by Crippen LogP contribution is 2.16. The highest BCUT2D eigenvalue weighted by atomic mass is 32.2. The van der Waals surface area contributed by atoms with Gasteiger partial charge in [0.2, 0.25) is 0 Å². The average molecular weight is 236 g/mol. The Labute approximate surface area is 99.0 Å². The van der Waals surface area contributed by atoms with E-state index in [4.69, 9.17) is 5.73 Å². The molecule has 1 unspecified atom stereocenters. The maximum atomic E-state index is 6.05. The molecule has 0 saturated carbocycles. The number of nitrogens with two attached hydrogens (primary N) is 1. The number of thioether (sulfide) groups is 1. The van der Waals surface area contributed by atoms with E-state index < -0.39 is 0 Å². The molecule has 0 aromatic carbocycles. The Bertz CT molecular complexity index is 480. The van der Waals surface area contributed by atoms with Gasteiger partial charge in [0.1, 0.15) is 5.82 Å². The number of nitrogens with zero attached hydrogens (tertiary/aromatic N) is 2. The van der Waals surface area contributed by atoms with Crippen molar-refractivity contribution in [1.82, 2.24) is 15.0 Å². The van der Waals surface area contributed by atoms with Crippen LogP contribution in [-0.4, -0.2) is 27.0 Å². The van der Waals surface area contributed by atoms with Crippen molar-refractivity contribution in [3.05, 3.63) is 23.7 Å². The fourth-order valence-corrected chi connectivity index (χ4v) is 2.05. The lowest BCUT2D eigenvalue weighted by atomic mass is 10.2. The summed E-state index contributed by atoms with van der Waals surface area (Å²) in [4.78, 5) is 12.0. The molecular formula is C11H16N4S. The van der Waals surface area contributed by atoms with E-state index in [1.165, 1.54) is 0 Å². The molecule has 2 aromatic rings. The lowest BCUT2D eigenvalue weighted by Crippen LogP contribution is -2.12. The van der Waals surface area contributed by atoms with Gasteiger partial charge in [-0.2, -0.15) is 11.8 Å². The molecule has 0 fully saturated rings. The number of aromatic nitrogens is 3. The third-order valence-corrected chi connectivity index (χ3v) is 3.13. The lowest BCUT2D eigenvalue weighted by Gasteiger charge is -2.06. The second-order valence-corrected chi connectivity index (χ2v) is 4.82. The van der Waals surface area contributed by atoms with Gasteiger partial charge in [0.15, 0.2) is 5.65 Å². The van der Waals surface area contributed by atoms with Crippen molar-refractivity contribution in [2.75, 3.05) is 12.0 Å². The van der Waals surface area contributed by atoms with Crippen LogP contribution in [0, 0.1) is 6.92 Å². The Morgan fingerprint density at radius 1 is 1.44 bits per heavy atom. The second kappa shape index (κ2) is 4.84. The van der Waals surface area contributed by atoms with E-state index in [2.05, 4.69) is 21.2 Å². The minimum Gasteiger partial charge on any atom is -0.339 e. The SMILES string of the molecule is CSCCC(N)c1nc2nc(C)ccc2[nH]1. The van der Waals surface area contributed by atoms with Gasteiger partial charge in [0.25, 0.3) is 0 Å². The van der Waals surface area contributed by atoms with E-state index in [0.29, 0.717) is 0 Å². The smallest absolute Gasteiger partial charge is 0.177 e. The van der Waals surface area contributed by atoms with Crippen molar-refractivity contribution in [2.45, 2.75) is 19.4 Å². The van der Waals surface area contributed by atoms with Gasteiger partial charge < -0.3 is 10.7 Å². The number of pyridine rings is 1. The number of aryl methyl sites for hydroxylation is 1. The summed E-state index contributed by atoms with van der Waals surface area (Å²) in [6.07, 6.45) is 3.01. The summed E-state index contributed by atoms with van der Waals surface area (Å²) in [5.74, 6) is 1.88. The van der Waals surface area contributed by atoms with Gasteiger partial charge in [0, 0.05) is 5.69 Å². The largest absolute Gasteiger partial charge is 0.339 e. The van der Waals surface area contributed by atoms with Crippen molar-refractivity contribution in [3.8, 4) is 0 Å². The van der Waals surface area contributed by atoms with Crippen LogP contribution in [0.3, 0.4) is 0 Å². The maximum absolute atomic E-state index is 6.05. The normalized spacial score (nSPS) is 13.2. The minimum absolute atomic E-state index is 0.0260. The third-order valence-electron chi connectivity index (χ3n) is 2.49. The summed E-state index contributed by atoms with van der Waals surface area (Å²) in [5, 5.41) is 0. The first kappa shape index (κ1) is 11.4. The van der Waals surface area contributed by atoms with E-state index in [1.807, 2.05) is 19.1 Å². The zero-order valence-corrected chi connectivity index (χ0v) is 10.3. The first-order valence-electron chi connectivity index (χ1n) is 5.28. The molecule has 0 bridgehead atoms. The molecule has 0 radical (unpaired) electrons. The van der Waals surface area contributed by atoms with Gasteiger partial charge in [0.05, 0.1) is 11.6 Å². The molecule has 2 rings (SSSR count). The summed E-state index contributed by atoms with van der Waals surface area (Å²) in [6.45, 7) is 1.96. The van der Waals surface area contributed by atoms with Crippen LogP contribution in [0.5, 0.6) is 0 Å². The highest BCUT2D eigenvalue weighted by Gasteiger charge is 2.11. The number of aromatic amines is 1. The number of rotatable bonds is 4. The summed E-state index contributed by atoms with van der Waals surface area (Å²) >= 11 is 1.80. The molecule has 1 atom stereocenters. The van der Waals surface area contributed by atoms with Crippen LogP contribution >= 0.6 is 11.8 Å². The van der Waals surface area contributed by atoms with Crippen molar-refractivity contribution < 1.29 is 0 Å². The number of imidazole rings is 1. The average Bonchev–Trinajstić information content (AvgIpc) is 2.68. The number of fused-ring (bicyclic) bond motifs is 1. The van der Waals surface area contributed by atoms with Gasteiger partial charge in [-0.15, -0.1) is 0 Å². The number of H-pyrrole nitrogens is 1. The summed E-state index contributed by atoms with van der Waals surface area (Å²) < 4.78 is 0. The molecule has 3 N–H and O–H groups in total. The fourth-order valence-electron chi connectivity index (χ4n) is 1.56. The molecule has 0 aliphatic carbocycles. The zero-order valence-electron chi connectivity index (χ0n) is 9.53. The fraction of sp³-hybridized carbons (Fsp3) is 0.455. The van der Waals surface area contributed by atoms with Gasteiger partial charge >= 0.3 is 0 Å². The van der Waals surface area contributed by atoms with Crippen LogP contribution in [-0.2, 0) is 0 Å². The molecule has 16 heavy (non-hydrogen) atoms. The molecule has 4 nitrogen and oxygen atoms in total. The standard InChI is InChI=1S/C11H16N4S/c1-7-3-4-9-11(13-7)15-10(14-9)8(12)5-6-16-2/h3-4,8H,5-6,12H2,1-2H3,(H,13,14,15). The second-order valence-electron chi connectivity index (χ2n) is 3.83. The molecule has 0 aliphatic rings. The Hall–Kier alpha value is -1.07.